The number of hydrogen-bond donors (Lipinski definition) is 3. The van der Waals surface area contributed by atoms with Crippen LogP contribution in [0, 0.1) is 5.92 Å². The van der Waals surface area contributed by atoms with Crippen molar-refractivity contribution in [1.82, 2.24) is 15.2 Å². The van der Waals surface area contributed by atoms with Crippen LogP contribution in [0.1, 0.15) is 26.5 Å². The normalized spacial score (nSPS) is 27.0. The Morgan fingerprint density at radius 1 is 1.54 bits per heavy atom. The minimum atomic E-state index is -1.18. The van der Waals surface area contributed by atoms with Gasteiger partial charge in [0, 0.05) is 28.8 Å². The van der Waals surface area contributed by atoms with Gasteiger partial charge in [0.2, 0.25) is 6.41 Å². The van der Waals surface area contributed by atoms with E-state index in [1.807, 2.05) is 12.3 Å². The first-order valence-corrected chi connectivity index (χ1v) is 10.00. The number of thioether (sulfide) groups is 1. The van der Waals surface area contributed by atoms with Crippen molar-refractivity contribution < 1.29 is 19.8 Å². The third-order valence-corrected chi connectivity index (χ3v) is 6.85. The second-order valence-corrected chi connectivity index (χ2v) is 8.66. The van der Waals surface area contributed by atoms with Crippen LogP contribution in [0.2, 0.25) is 0 Å². The fraction of sp³-hybridized carbons (Fsp3) is 0.471. The molecule has 26 heavy (non-hydrogen) atoms. The molecule has 0 unspecified atom stereocenters. The lowest BCUT2D eigenvalue weighted by Crippen LogP contribution is -2.41. The van der Waals surface area contributed by atoms with Gasteiger partial charge in [-0.3, -0.25) is 4.79 Å². The van der Waals surface area contributed by atoms with Crippen LogP contribution < -0.4 is 5.32 Å². The van der Waals surface area contributed by atoms with E-state index in [0.29, 0.717) is 17.4 Å². The minimum Gasteiger partial charge on any atom is -0.477 e. The van der Waals surface area contributed by atoms with Gasteiger partial charge >= 0.3 is 5.97 Å². The zero-order valence-corrected chi connectivity index (χ0v) is 16.3. The fourth-order valence-corrected chi connectivity index (χ4v) is 5.55. The van der Waals surface area contributed by atoms with E-state index >= 15 is 0 Å². The molecule has 9 heteroatoms. The van der Waals surface area contributed by atoms with Crippen LogP contribution in [-0.2, 0) is 9.59 Å². The molecule has 0 bridgehead atoms. The summed E-state index contributed by atoms with van der Waals surface area (Å²) >= 11 is 2.71. The van der Waals surface area contributed by atoms with Crippen LogP contribution in [0.25, 0.3) is 5.57 Å². The molecular weight excluding hydrogens is 374 g/mol. The molecule has 4 atom stereocenters. The Hall–Kier alpha value is -1.68. The Bertz CT molecular complexity index is 787. The van der Waals surface area contributed by atoms with Gasteiger partial charge in [-0.05, 0) is 19.4 Å². The summed E-state index contributed by atoms with van der Waals surface area (Å²) in [7, 11) is 0. The van der Waals surface area contributed by atoms with Gasteiger partial charge in [0.1, 0.15) is 5.70 Å². The molecule has 3 rings (SSSR count). The number of carbonyl (C=O) groups excluding carboxylic acids is 1. The summed E-state index contributed by atoms with van der Waals surface area (Å²) in [5, 5.41) is 24.9. The molecule has 0 aromatic carbocycles. The van der Waals surface area contributed by atoms with Gasteiger partial charge in [0.25, 0.3) is 0 Å². The van der Waals surface area contributed by atoms with Crippen LogP contribution >= 0.6 is 23.1 Å². The number of aliphatic hydroxyl groups excluding tert-OH is 1. The molecule has 1 aromatic heterocycles. The maximum Gasteiger partial charge on any atom is 0.353 e. The molecule has 1 amide bonds. The van der Waals surface area contributed by atoms with Crippen LogP contribution in [0.4, 0.5) is 0 Å². The molecular formula is C17H21N3O4S2. The lowest BCUT2D eigenvalue weighted by molar-refractivity contribution is -0.137. The summed E-state index contributed by atoms with van der Waals surface area (Å²) in [5.74, 6) is -1.47. The number of nitrogens with zero attached hydrogens (tertiary/aromatic N) is 2. The third-order valence-electron chi connectivity index (χ3n) is 4.62. The highest BCUT2D eigenvalue weighted by molar-refractivity contribution is 8.04. The second kappa shape index (κ2) is 7.51. The number of carbonyl (C=O) groups is 2. The topological polar surface area (TPSA) is 103 Å². The number of amides is 1. The zero-order chi connectivity index (χ0) is 19.0. The Morgan fingerprint density at radius 3 is 2.81 bits per heavy atom. The van der Waals surface area contributed by atoms with Crippen molar-refractivity contribution in [1.29, 1.82) is 0 Å². The molecule has 140 valence electrons. The predicted molar refractivity (Wildman–Crippen MR) is 101 cm³/mol. The zero-order valence-electron chi connectivity index (χ0n) is 14.7. The van der Waals surface area contributed by atoms with Gasteiger partial charge in [-0.2, -0.15) is 0 Å². The van der Waals surface area contributed by atoms with Gasteiger partial charge in [-0.25, -0.2) is 9.78 Å². The Kier molecular flexibility index (Phi) is 5.52. The van der Waals surface area contributed by atoms with Crippen LogP contribution in [0.5, 0.6) is 0 Å². The van der Waals surface area contributed by atoms with Crippen molar-refractivity contribution in [2.24, 2.45) is 5.92 Å². The summed E-state index contributed by atoms with van der Waals surface area (Å²) in [6, 6.07) is -0.282. The van der Waals surface area contributed by atoms with E-state index in [9.17, 15) is 19.8 Å². The second-order valence-electron chi connectivity index (χ2n) is 6.51. The van der Waals surface area contributed by atoms with Crippen molar-refractivity contribution in [3.8, 4) is 0 Å². The van der Waals surface area contributed by atoms with E-state index in [1.54, 1.807) is 6.92 Å². The van der Waals surface area contributed by atoms with Gasteiger partial charge < -0.3 is 20.4 Å². The number of thiazole rings is 1. The van der Waals surface area contributed by atoms with Crippen LogP contribution in [0.3, 0.4) is 0 Å². The summed E-state index contributed by atoms with van der Waals surface area (Å²) in [6.45, 7) is 6.22. The third kappa shape index (κ3) is 3.44. The monoisotopic (exact) mass is 395 g/mol. The minimum absolute atomic E-state index is 0.0736. The largest absolute Gasteiger partial charge is 0.477 e. The van der Waals surface area contributed by atoms with Gasteiger partial charge in [0.05, 0.1) is 17.8 Å². The average Bonchev–Trinajstić information content (AvgIpc) is 3.26. The number of carboxylic acid groups (broad SMARTS) is 1. The first kappa shape index (κ1) is 19.1. The highest BCUT2D eigenvalue weighted by Gasteiger charge is 2.44. The fourth-order valence-electron chi connectivity index (χ4n) is 3.43. The van der Waals surface area contributed by atoms with Gasteiger partial charge in [-0.1, -0.05) is 24.8 Å². The molecule has 0 spiro atoms. The SMILES string of the molecule is C[C@H]1C=C(c2csc(SC3=C(C(=O)O)N(C=O)[C@@H]([C@@H](C)O)[C@H]3C)n2)CN1. The molecule has 0 fully saturated rings. The highest BCUT2D eigenvalue weighted by atomic mass is 32.2. The Labute approximate surface area is 159 Å². The molecule has 1 aromatic rings. The van der Waals surface area contributed by atoms with E-state index in [-0.39, 0.29) is 11.6 Å². The molecule has 0 aliphatic carbocycles. The van der Waals surface area contributed by atoms with Crippen LogP contribution in [-0.4, -0.2) is 57.2 Å². The number of carboxylic acids is 1. The molecule has 0 saturated carbocycles. The van der Waals surface area contributed by atoms with E-state index in [1.165, 1.54) is 23.1 Å². The lowest BCUT2D eigenvalue weighted by atomic mass is 10.00. The first-order valence-electron chi connectivity index (χ1n) is 8.30. The van der Waals surface area contributed by atoms with E-state index in [4.69, 9.17) is 0 Å². The summed E-state index contributed by atoms with van der Waals surface area (Å²) in [4.78, 5) is 29.5. The average molecular weight is 396 g/mol. The quantitative estimate of drug-likeness (QED) is 0.631. The molecule has 0 saturated heterocycles. The van der Waals surface area contributed by atoms with E-state index in [2.05, 4.69) is 23.3 Å². The van der Waals surface area contributed by atoms with Gasteiger partial charge in [0.15, 0.2) is 4.34 Å². The number of aliphatic hydroxyl groups is 1. The maximum absolute atomic E-state index is 11.7. The molecule has 2 aliphatic heterocycles. The molecule has 7 nitrogen and oxygen atoms in total. The number of aliphatic carboxylic acids is 1. The van der Waals surface area contributed by atoms with E-state index < -0.39 is 18.1 Å². The van der Waals surface area contributed by atoms with Crippen molar-refractivity contribution in [2.45, 2.75) is 43.3 Å². The molecule has 0 radical (unpaired) electrons. The molecule has 3 heterocycles. The number of rotatable bonds is 6. The Balaban J connectivity index is 1.90. The number of aromatic nitrogens is 1. The highest BCUT2D eigenvalue weighted by Crippen LogP contribution is 2.45. The van der Waals surface area contributed by atoms with Crippen molar-refractivity contribution in [3.05, 3.63) is 27.8 Å². The maximum atomic E-state index is 11.7. The lowest BCUT2D eigenvalue weighted by Gasteiger charge is -2.27. The number of nitrogens with one attached hydrogen (secondary N) is 1. The Morgan fingerprint density at radius 2 is 2.27 bits per heavy atom. The smallest absolute Gasteiger partial charge is 0.353 e. The number of hydrogen-bond acceptors (Lipinski definition) is 7. The van der Waals surface area contributed by atoms with Crippen molar-refractivity contribution in [2.75, 3.05) is 6.54 Å². The van der Waals surface area contributed by atoms with Crippen molar-refractivity contribution >= 4 is 41.1 Å². The summed E-state index contributed by atoms with van der Waals surface area (Å²) in [5.41, 5.74) is 1.94. The molecule has 3 N–H and O–H groups in total. The van der Waals surface area contributed by atoms with Crippen LogP contribution in [0.15, 0.2) is 26.4 Å². The van der Waals surface area contributed by atoms with E-state index in [0.717, 1.165) is 27.1 Å². The first-order chi connectivity index (χ1) is 12.3. The summed E-state index contributed by atoms with van der Waals surface area (Å²) in [6.07, 6.45) is 1.77. The summed E-state index contributed by atoms with van der Waals surface area (Å²) < 4.78 is 0.721. The van der Waals surface area contributed by atoms with Crippen molar-refractivity contribution in [3.63, 3.8) is 0 Å². The van der Waals surface area contributed by atoms with Gasteiger partial charge in [-0.15, -0.1) is 11.3 Å². The predicted octanol–water partition coefficient (Wildman–Crippen LogP) is 1.76. The molecule has 2 aliphatic rings. The standard InChI is InChI=1S/C17H21N3O4S2/c1-8-4-11(5-18-8)12-6-25-17(19-12)26-15-9(2)13(10(3)22)20(7-21)14(15)16(23)24/h4,6-10,13,18,22H,5H2,1-3H3,(H,23,24)/t8-,9+,10+,13+/m0/s1.